The molecule has 1 N–H and O–H groups in total. The van der Waals surface area contributed by atoms with Crippen molar-refractivity contribution >= 4 is 18.0 Å². The number of nitrogens with one attached hydrogen (secondary N) is 1. The molecule has 2 aromatic rings. The van der Waals surface area contributed by atoms with Crippen LogP contribution in [0.15, 0.2) is 54.6 Å². The van der Waals surface area contributed by atoms with E-state index in [9.17, 15) is 14.4 Å². The van der Waals surface area contributed by atoms with Crippen LogP contribution in [0.3, 0.4) is 0 Å². The van der Waals surface area contributed by atoms with Gasteiger partial charge in [0.25, 0.3) is 5.91 Å². The number of benzene rings is 2. The Kier molecular flexibility index (Phi) is 6.73. The zero-order valence-corrected chi connectivity index (χ0v) is 14.4. The number of hydrogen-bond donors (Lipinski definition) is 1. The lowest BCUT2D eigenvalue weighted by atomic mass is 10.1. The highest BCUT2D eigenvalue weighted by Gasteiger charge is 2.22. The van der Waals surface area contributed by atoms with Crippen LogP contribution in [-0.4, -0.2) is 31.2 Å². The number of amides is 2. The number of imide groups is 1. The van der Waals surface area contributed by atoms with Crippen LogP contribution in [-0.2, 0) is 20.9 Å². The van der Waals surface area contributed by atoms with E-state index in [-0.39, 0.29) is 12.2 Å². The van der Waals surface area contributed by atoms with Crippen molar-refractivity contribution in [2.24, 2.45) is 0 Å². The van der Waals surface area contributed by atoms with Crippen LogP contribution in [0.2, 0.25) is 0 Å². The molecule has 0 aliphatic heterocycles. The Labute approximate surface area is 150 Å². The SMILES string of the molecule is COC(=O)NC(=O)[C@H](C)OC(=O)c1ccccc1COc1ccccc1. The molecule has 0 fully saturated rings. The number of rotatable bonds is 6. The number of ether oxygens (including phenoxy) is 3. The minimum Gasteiger partial charge on any atom is -0.489 e. The molecule has 0 spiro atoms. The van der Waals surface area contributed by atoms with Gasteiger partial charge in [-0.1, -0.05) is 36.4 Å². The Balaban J connectivity index is 2.02. The van der Waals surface area contributed by atoms with Gasteiger partial charge >= 0.3 is 12.1 Å². The first kappa shape index (κ1) is 19.0. The molecule has 2 amide bonds. The summed E-state index contributed by atoms with van der Waals surface area (Å²) in [6, 6.07) is 15.9. The van der Waals surface area contributed by atoms with Gasteiger partial charge in [-0.3, -0.25) is 10.1 Å². The van der Waals surface area contributed by atoms with E-state index in [0.717, 1.165) is 7.11 Å². The highest BCUT2D eigenvalue weighted by Crippen LogP contribution is 2.16. The average Bonchev–Trinajstić information content (AvgIpc) is 2.67. The second-order valence-electron chi connectivity index (χ2n) is 5.29. The third-order valence-electron chi connectivity index (χ3n) is 3.44. The Hall–Kier alpha value is -3.35. The first-order valence-corrected chi connectivity index (χ1v) is 7.86. The second-order valence-corrected chi connectivity index (χ2v) is 5.29. The van der Waals surface area contributed by atoms with E-state index in [0.29, 0.717) is 11.3 Å². The maximum Gasteiger partial charge on any atom is 0.413 e. The predicted octanol–water partition coefficient (Wildman–Crippen LogP) is 2.69. The Bertz CT molecular complexity index is 775. The maximum atomic E-state index is 12.4. The molecule has 0 radical (unpaired) electrons. The second kappa shape index (κ2) is 9.22. The first-order chi connectivity index (χ1) is 12.5. The van der Waals surface area contributed by atoms with Gasteiger partial charge in [0.05, 0.1) is 12.7 Å². The van der Waals surface area contributed by atoms with Crippen LogP contribution < -0.4 is 10.1 Å². The normalized spacial score (nSPS) is 11.2. The molecule has 0 aliphatic rings. The number of para-hydroxylation sites is 1. The lowest BCUT2D eigenvalue weighted by Gasteiger charge is -2.14. The van der Waals surface area contributed by atoms with Gasteiger partial charge in [-0.05, 0) is 25.1 Å². The van der Waals surface area contributed by atoms with Crippen LogP contribution in [0.4, 0.5) is 4.79 Å². The topological polar surface area (TPSA) is 90.9 Å². The van der Waals surface area contributed by atoms with Crippen molar-refractivity contribution in [3.8, 4) is 5.75 Å². The van der Waals surface area contributed by atoms with Gasteiger partial charge in [-0.15, -0.1) is 0 Å². The molecule has 26 heavy (non-hydrogen) atoms. The van der Waals surface area contributed by atoms with Gasteiger partial charge in [-0.25, -0.2) is 9.59 Å². The van der Waals surface area contributed by atoms with Gasteiger partial charge in [-0.2, -0.15) is 0 Å². The Morgan fingerprint density at radius 3 is 2.35 bits per heavy atom. The van der Waals surface area contributed by atoms with E-state index in [1.54, 1.807) is 36.4 Å². The van der Waals surface area contributed by atoms with Crippen molar-refractivity contribution in [2.75, 3.05) is 7.11 Å². The Morgan fingerprint density at radius 1 is 1.00 bits per heavy atom. The lowest BCUT2D eigenvalue weighted by molar-refractivity contribution is -0.128. The number of carbonyl (C=O) groups excluding carboxylic acids is 3. The van der Waals surface area contributed by atoms with Crippen molar-refractivity contribution in [1.82, 2.24) is 5.32 Å². The quantitative estimate of drug-likeness (QED) is 0.800. The third-order valence-corrected chi connectivity index (χ3v) is 3.44. The number of alkyl carbamates (subject to hydrolysis) is 1. The minimum atomic E-state index is -1.16. The number of carbonyl (C=O) groups is 3. The molecule has 0 bridgehead atoms. The lowest BCUT2D eigenvalue weighted by Crippen LogP contribution is -2.39. The Morgan fingerprint density at radius 2 is 1.65 bits per heavy atom. The number of methoxy groups -OCH3 is 1. The van der Waals surface area contributed by atoms with Crippen LogP contribution in [0, 0.1) is 0 Å². The van der Waals surface area contributed by atoms with Crippen LogP contribution in [0.5, 0.6) is 5.75 Å². The molecule has 7 heteroatoms. The van der Waals surface area contributed by atoms with Crippen molar-refractivity contribution in [3.63, 3.8) is 0 Å². The molecular weight excluding hydrogens is 338 g/mol. The van der Waals surface area contributed by atoms with Crippen LogP contribution >= 0.6 is 0 Å². The molecule has 1 atom stereocenters. The smallest absolute Gasteiger partial charge is 0.413 e. The number of esters is 1. The van der Waals surface area contributed by atoms with Crippen molar-refractivity contribution in [3.05, 3.63) is 65.7 Å². The highest BCUT2D eigenvalue weighted by molar-refractivity contribution is 5.97. The summed E-state index contributed by atoms with van der Waals surface area (Å²) in [5.74, 6) is -0.797. The molecule has 2 aromatic carbocycles. The molecule has 7 nitrogen and oxygen atoms in total. The summed E-state index contributed by atoms with van der Waals surface area (Å²) in [5, 5.41) is 1.95. The van der Waals surface area contributed by atoms with E-state index in [1.165, 1.54) is 6.92 Å². The molecular formula is C19H19NO6. The zero-order chi connectivity index (χ0) is 18.9. The molecule has 136 valence electrons. The monoisotopic (exact) mass is 357 g/mol. The van der Waals surface area contributed by atoms with Gasteiger partial charge in [0.1, 0.15) is 12.4 Å². The molecule has 0 aromatic heterocycles. The van der Waals surface area contributed by atoms with E-state index in [2.05, 4.69) is 4.74 Å². The van der Waals surface area contributed by atoms with Gasteiger partial charge in [0.2, 0.25) is 0 Å². The van der Waals surface area contributed by atoms with Crippen LogP contribution in [0.1, 0.15) is 22.8 Å². The molecule has 0 heterocycles. The summed E-state index contributed by atoms with van der Waals surface area (Å²) >= 11 is 0. The summed E-state index contributed by atoms with van der Waals surface area (Å²) in [6.07, 6.45) is -2.08. The molecule has 0 saturated heterocycles. The van der Waals surface area contributed by atoms with E-state index in [1.807, 2.05) is 23.5 Å². The zero-order valence-electron chi connectivity index (χ0n) is 14.4. The molecule has 0 unspecified atom stereocenters. The van der Waals surface area contributed by atoms with Crippen LogP contribution in [0.25, 0.3) is 0 Å². The van der Waals surface area contributed by atoms with E-state index < -0.39 is 24.1 Å². The van der Waals surface area contributed by atoms with Gasteiger partial charge in [0, 0.05) is 5.56 Å². The number of hydrogen-bond acceptors (Lipinski definition) is 6. The summed E-state index contributed by atoms with van der Waals surface area (Å²) < 4.78 is 15.1. The summed E-state index contributed by atoms with van der Waals surface area (Å²) in [7, 11) is 1.13. The summed E-state index contributed by atoms with van der Waals surface area (Å²) in [6.45, 7) is 1.53. The maximum absolute atomic E-state index is 12.4. The third kappa shape index (κ3) is 5.34. The standard InChI is InChI=1S/C19H19NO6/c1-13(17(21)20-19(23)24-2)26-18(22)16-11-7-6-8-14(16)12-25-15-9-4-3-5-10-15/h3-11,13H,12H2,1-2H3,(H,20,21,23)/t13-/m0/s1. The van der Waals surface area contributed by atoms with Crippen molar-refractivity contribution in [2.45, 2.75) is 19.6 Å². The molecule has 0 aliphatic carbocycles. The fourth-order valence-corrected chi connectivity index (χ4v) is 2.05. The van der Waals surface area contributed by atoms with E-state index >= 15 is 0 Å². The fraction of sp³-hybridized carbons (Fsp3) is 0.211. The summed E-state index contributed by atoms with van der Waals surface area (Å²) in [5.41, 5.74) is 0.892. The first-order valence-electron chi connectivity index (χ1n) is 7.86. The van der Waals surface area contributed by atoms with Gasteiger partial charge in [0.15, 0.2) is 6.10 Å². The van der Waals surface area contributed by atoms with E-state index in [4.69, 9.17) is 9.47 Å². The molecule has 2 rings (SSSR count). The highest BCUT2D eigenvalue weighted by atomic mass is 16.6. The predicted molar refractivity (Wildman–Crippen MR) is 92.6 cm³/mol. The largest absolute Gasteiger partial charge is 0.489 e. The van der Waals surface area contributed by atoms with Crippen molar-refractivity contribution < 1.29 is 28.6 Å². The van der Waals surface area contributed by atoms with Gasteiger partial charge < -0.3 is 14.2 Å². The van der Waals surface area contributed by atoms with Crippen molar-refractivity contribution in [1.29, 1.82) is 0 Å². The minimum absolute atomic E-state index is 0.165. The molecule has 0 saturated carbocycles. The fourth-order valence-electron chi connectivity index (χ4n) is 2.05. The summed E-state index contributed by atoms with van der Waals surface area (Å²) in [4.78, 5) is 35.2. The average molecular weight is 357 g/mol.